The fraction of sp³-hybridized carbons (Fsp3) is 0.368. The predicted molar refractivity (Wildman–Crippen MR) is 94.5 cm³/mol. The van der Waals surface area contributed by atoms with Gasteiger partial charge in [0.2, 0.25) is 0 Å². The first-order chi connectivity index (χ1) is 11.7. The summed E-state index contributed by atoms with van der Waals surface area (Å²) < 4.78 is 9.97. The molecular weight excluding hydrogens is 322 g/mol. The van der Waals surface area contributed by atoms with Crippen molar-refractivity contribution in [2.45, 2.75) is 38.8 Å². The number of rotatable bonds is 4. The van der Waals surface area contributed by atoms with E-state index in [4.69, 9.17) is 9.47 Å². The van der Waals surface area contributed by atoms with E-state index in [1.807, 2.05) is 18.2 Å². The van der Waals surface area contributed by atoms with Gasteiger partial charge in [0.15, 0.2) is 0 Å². The number of hydrogen-bond donors (Lipinski definition) is 2. The van der Waals surface area contributed by atoms with E-state index >= 15 is 0 Å². The van der Waals surface area contributed by atoms with E-state index in [2.05, 4.69) is 5.32 Å². The molecule has 2 N–H and O–H groups in total. The normalized spacial score (nSPS) is 12.5. The number of alkyl carbamates (subject to hydrolysis) is 1. The van der Waals surface area contributed by atoms with Gasteiger partial charge in [-0.2, -0.15) is 0 Å². The Bertz CT molecular complexity index is 779. The van der Waals surface area contributed by atoms with Gasteiger partial charge in [0.1, 0.15) is 17.4 Å². The molecule has 1 amide bonds. The van der Waals surface area contributed by atoms with Crippen LogP contribution in [0.2, 0.25) is 0 Å². The van der Waals surface area contributed by atoms with E-state index in [1.54, 1.807) is 39.0 Å². The van der Waals surface area contributed by atoms with E-state index in [1.165, 1.54) is 7.11 Å². The number of methoxy groups -OCH3 is 1. The summed E-state index contributed by atoms with van der Waals surface area (Å²) in [5.41, 5.74) is 0.194. The molecule has 2 rings (SSSR count). The lowest BCUT2D eigenvalue weighted by molar-refractivity contribution is -0.143. The lowest BCUT2D eigenvalue weighted by atomic mass is 10.0. The van der Waals surface area contributed by atoms with Crippen LogP contribution in [0.25, 0.3) is 10.8 Å². The molecule has 0 aromatic heterocycles. The van der Waals surface area contributed by atoms with E-state index in [0.717, 1.165) is 16.3 Å². The molecule has 0 aliphatic rings. The van der Waals surface area contributed by atoms with Gasteiger partial charge in [-0.05, 0) is 49.2 Å². The van der Waals surface area contributed by atoms with Crippen LogP contribution in [0.15, 0.2) is 36.4 Å². The summed E-state index contributed by atoms with van der Waals surface area (Å²) >= 11 is 0. The molecule has 0 aliphatic heterocycles. The topological polar surface area (TPSA) is 84.9 Å². The summed E-state index contributed by atoms with van der Waals surface area (Å²) in [6.07, 6.45) is -0.406. The molecule has 0 radical (unpaired) electrons. The Kier molecular flexibility index (Phi) is 5.51. The monoisotopic (exact) mass is 345 g/mol. The van der Waals surface area contributed by atoms with Crippen molar-refractivity contribution >= 4 is 22.8 Å². The maximum atomic E-state index is 12.0. The maximum absolute atomic E-state index is 12.0. The van der Waals surface area contributed by atoms with Gasteiger partial charge in [-0.15, -0.1) is 0 Å². The van der Waals surface area contributed by atoms with Crippen molar-refractivity contribution in [1.29, 1.82) is 0 Å². The molecular formula is C19H23NO5. The highest BCUT2D eigenvalue weighted by molar-refractivity contribution is 5.85. The molecule has 0 heterocycles. The molecule has 1 atom stereocenters. The lowest BCUT2D eigenvalue weighted by Crippen LogP contribution is -2.45. The number of phenolic OH excluding ortho intramolecular Hbond substituents is 1. The third-order valence-corrected chi connectivity index (χ3v) is 3.50. The number of ether oxygens (including phenoxy) is 2. The van der Waals surface area contributed by atoms with Crippen LogP contribution < -0.4 is 5.32 Å². The molecule has 134 valence electrons. The zero-order valence-electron chi connectivity index (χ0n) is 14.8. The van der Waals surface area contributed by atoms with Gasteiger partial charge < -0.3 is 19.9 Å². The largest absolute Gasteiger partial charge is 0.508 e. The number of benzene rings is 2. The van der Waals surface area contributed by atoms with Crippen molar-refractivity contribution in [3.8, 4) is 5.75 Å². The Morgan fingerprint density at radius 1 is 1.12 bits per heavy atom. The minimum absolute atomic E-state index is 0.194. The summed E-state index contributed by atoms with van der Waals surface area (Å²) in [6.45, 7) is 5.25. The Hall–Kier alpha value is -2.76. The van der Waals surface area contributed by atoms with Crippen molar-refractivity contribution in [1.82, 2.24) is 5.32 Å². The van der Waals surface area contributed by atoms with Crippen LogP contribution in [0.1, 0.15) is 26.3 Å². The number of phenols is 1. The number of aromatic hydroxyl groups is 1. The van der Waals surface area contributed by atoms with Crippen LogP contribution in [0.5, 0.6) is 5.75 Å². The first-order valence-electron chi connectivity index (χ1n) is 7.97. The Balaban J connectivity index is 2.17. The molecule has 6 heteroatoms. The molecule has 0 fully saturated rings. The smallest absolute Gasteiger partial charge is 0.408 e. The van der Waals surface area contributed by atoms with E-state index < -0.39 is 23.7 Å². The van der Waals surface area contributed by atoms with Crippen LogP contribution in [0.4, 0.5) is 4.79 Å². The van der Waals surface area contributed by atoms with Crippen LogP contribution in [-0.2, 0) is 20.7 Å². The van der Waals surface area contributed by atoms with Crippen LogP contribution in [0, 0.1) is 0 Å². The zero-order chi connectivity index (χ0) is 18.6. The second kappa shape index (κ2) is 7.42. The minimum atomic E-state index is -0.852. The number of fused-ring (bicyclic) bond motifs is 1. The van der Waals surface area contributed by atoms with Crippen molar-refractivity contribution < 1.29 is 24.2 Å². The fourth-order valence-electron chi connectivity index (χ4n) is 2.43. The highest BCUT2D eigenvalue weighted by atomic mass is 16.6. The number of carbonyl (C=O) groups is 2. The van der Waals surface area contributed by atoms with E-state index in [0.29, 0.717) is 0 Å². The van der Waals surface area contributed by atoms with Gasteiger partial charge in [0, 0.05) is 6.42 Å². The number of carbonyl (C=O) groups excluding carboxylic acids is 2. The Labute approximate surface area is 146 Å². The van der Waals surface area contributed by atoms with E-state index in [-0.39, 0.29) is 12.2 Å². The molecule has 0 bridgehead atoms. The molecule has 0 saturated carbocycles. The molecule has 0 spiro atoms. The number of nitrogens with one attached hydrogen (secondary N) is 1. The summed E-state index contributed by atoms with van der Waals surface area (Å²) in [7, 11) is 1.27. The van der Waals surface area contributed by atoms with Gasteiger partial charge in [-0.3, -0.25) is 0 Å². The quantitative estimate of drug-likeness (QED) is 0.832. The number of hydrogen-bond acceptors (Lipinski definition) is 5. The van der Waals surface area contributed by atoms with Gasteiger partial charge in [0.05, 0.1) is 7.11 Å². The van der Waals surface area contributed by atoms with Gasteiger partial charge in [-0.1, -0.05) is 24.3 Å². The Morgan fingerprint density at radius 2 is 1.76 bits per heavy atom. The van der Waals surface area contributed by atoms with Crippen LogP contribution in [0.3, 0.4) is 0 Å². The highest BCUT2D eigenvalue weighted by Gasteiger charge is 2.25. The molecule has 0 aliphatic carbocycles. The minimum Gasteiger partial charge on any atom is -0.508 e. The van der Waals surface area contributed by atoms with Crippen LogP contribution in [-0.4, -0.2) is 35.9 Å². The lowest BCUT2D eigenvalue weighted by Gasteiger charge is -2.22. The SMILES string of the molecule is COC(=O)C(Cc1ccc2cc(O)ccc2c1)NC(=O)OC(C)(C)C. The van der Waals surface area contributed by atoms with Crippen LogP contribution >= 0.6 is 0 Å². The first kappa shape index (κ1) is 18.6. The van der Waals surface area contributed by atoms with Crippen molar-refractivity contribution in [2.24, 2.45) is 0 Å². The second-order valence-electron chi connectivity index (χ2n) is 6.79. The third-order valence-electron chi connectivity index (χ3n) is 3.50. The summed E-state index contributed by atoms with van der Waals surface area (Å²) in [5.74, 6) is -0.351. The van der Waals surface area contributed by atoms with Gasteiger partial charge in [-0.25, -0.2) is 9.59 Å². The molecule has 1 unspecified atom stereocenters. The zero-order valence-corrected chi connectivity index (χ0v) is 14.8. The van der Waals surface area contributed by atoms with Gasteiger partial charge in [0.25, 0.3) is 0 Å². The Morgan fingerprint density at radius 3 is 2.40 bits per heavy atom. The van der Waals surface area contributed by atoms with Crippen molar-refractivity contribution in [3.05, 3.63) is 42.0 Å². The van der Waals surface area contributed by atoms with Gasteiger partial charge >= 0.3 is 12.1 Å². The standard InChI is InChI=1S/C19H23NO5/c1-19(2,3)25-18(23)20-16(17(22)24-4)10-12-5-6-14-11-15(21)8-7-13(14)9-12/h5-9,11,16,21H,10H2,1-4H3,(H,20,23). The molecule has 2 aromatic rings. The molecule has 25 heavy (non-hydrogen) atoms. The summed E-state index contributed by atoms with van der Waals surface area (Å²) in [6, 6.07) is 9.80. The highest BCUT2D eigenvalue weighted by Crippen LogP contribution is 2.22. The molecule has 2 aromatic carbocycles. The first-order valence-corrected chi connectivity index (χ1v) is 7.97. The van der Waals surface area contributed by atoms with Crippen molar-refractivity contribution in [3.63, 3.8) is 0 Å². The van der Waals surface area contributed by atoms with Crippen molar-refractivity contribution in [2.75, 3.05) is 7.11 Å². The predicted octanol–water partition coefficient (Wildman–Crippen LogP) is 3.15. The average Bonchev–Trinajstić information content (AvgIpc) is 2.51. The maximum Gasteiger partial charge on any atom is 0.408 e. The number of amides is 1. The molecule has 6 nitrogen and oxygen atoms in total. The second-order valence-corrected chi connectivity index (χ2v) is 6.79. The number of esters is 1. The molecule has 0 saturated heterocycles. The third kappa shape index (κ3) is 5.38. The summed E-state index contributed by atoms with van der Waals surface area (Å²) in [5, 5.41) is 13.9. The van der Waals surface area contributed by atoms with E-state index in [9.17, 15) is 14.7 Å². The fourth-order valence-corrected chi connectivity index (χ4v) is 2.43. The summed E-state index contributed by atoms with van der Waals surface area (Å²) in [4.78, 5) is 24.0. The average molecular weight is 345 g/mol.